The van der Waals surface area contributed by atoms with Crippen molar-refractivity contribution in [1.82, 2.24) is 4.57 Å². The standard InChI is InChI=1S/C22H23N3O3S/c1-4-15-5-8-17(9-6-15)24-13-23-22-25(14-24)21(26)20(29-22)12-16-7-10-18(27-2)19(11-16)28-3/h5-12H,4,13-14H2,1-3H3/b20-12+. The van der Waals surface area contributed by atoms with Gasteiger partial charge < -0.3 is 14.4 Å². The van der Waals surface area contributed by atoms with Crippen LogP contribution in [-0.4, -0.2) is 25.5 Å². The number of thiazole rings is 1. The SMILES string of the molecule is CCc1ccc(N2CN=c3s/c(=C/c4ccc(OC)c(OC)c4)c(=O)n3C2)cc1. The summed E-state index contributed by atoms with van der Waals surface area (Å²) in [5.74, 6) is 1.29. The number of aromatic nitrogens is 1. The summed E-state index contributed by atoms with van der Waals surface area (Å²) in [6.07, 6.45) is 2.88. The number of rotatable bonds is 5. The number of methoxy groups -OCH3 is 2. The number of aryl methyl sites for hydroxylation is 1. The second kappa shape index (κ2) is 8.13. The predicted molar refractivity (Wildman–Crippen MR) is 116 cm³/mol. The molecule has 6 nitrogen and oxygen atoms in total. The van der Waals surface area contributed by atoms with Gasteiger partial charge in [0.15, 0.2) is 16.3 Å². The molecule has 1 aliphatic rings. The van der Waals surface area contributed by atoms with Crippen molar-refractivity contribution in [2.24, 2.45) is 4.99 Å². The van der Waals surface area contributed by atoms with Gasteiger partial charge in [-0.25, -0.2) is 4.99 Å². The van der Waals surface area contributed by atoms with Gasteiger partial charge in [0.05, 0.1) is 18.8 Å². The van der Waals surface area contributed by atoms with Crippen LogP contribution in [0.4, 0.5) is 5.69 Å². The molecule has 0 saturated heterocycles. The first-order valence-electron chi connectivity index (χ1n) is 9.44. The van der Waals surface area contributed by atoms with E-state index in [1.165, 1.54) is 16.9 Å². The van der Waals surface area contributed by atoms with Crippen LogP contribution >= 0.6 is 11.3 Å². The van der Waals surface area contributed by atoms with Gasteiger partial charge in [0.1, 0.15) is 13.3 Å². The summed E-state index contributed by atoms with van der Waals surface area (Å²) in [6.45, 7) is 3.18. The molecule has 0 fully saturated rings. The lowest BCUT2D eigenvalue weighted by molar-refractivity contribution is 0.355. The van der Waals surface area contributed by atoms with Crippen LogP contribution in [0, 0.1) is 0 Å². The van der Waals surface area contributed by atoms with E-state index in [1.54, 1.807) is 18.8 Å². The predicted octanol–water partition coefficient (Wildman–Crippen LogP) is 2.37. The first-order valence-corrected chi connectivity index (χ1v) is 10.3. The van der Waals surface area contributed by atoms with Gasteiger partial charge in [-0.05, 0) is 47.9 Å². The Morgan fingerprint density at radius 2 is 1.86 bits per heavy atom. The molecule has 0 unspecified atom stereocenters. The van der Waals surface area contributed by atoms with Crippen LogP contribution in [0.1, 0.15) is 18.1 Å². The average Bonchev–Trinajstić information content (AvgIpc) is 3.08. The number of nitrogens with zero attached hydrogens (tertiary/aromatic N) is 3. The Hall–Kier alpha value is -3.06. The molecule has 150 valence electrons. The molecule has 29 heavy (non-hydrogen) atoms. The van der Waals surface area contributed by atoms with Crippen molar-refractivity contribution < 1.29 is 9.47 Å². The molecular weight excluding hydrogens is 386 g/mol. The van der Waals surface area contributed by atoms with E-state index in [4.69, 9.17) is 9.47 Å². The maximum Gasteiger partial charge on any atom is 0.271 e. The zero-order valence-corrected chi connectivity index (χ0v) is 17.5. The smallest absolute Gasteiger partial charge is 0.271 e. The fourth-order valence-electron chi connectivity index (χ4n) is 3.31. The Balaban J connectivity index is 1.66. The van der Waals surface area contributed by atoms with Gasteiger partial charge >= 0.3 is 0 Å². The summed E-state index contributed by atoms with van der Waals surface area (Å²) in [6, 6.07) is 14.0. The molecule has 0 bridgehead atoms. The number of ether oxygens (including phenoxy) is 2. The highest BCUT2D eigenvalue weighted by Crippen LogP contribution is 2.27. The van der Waals surface area contributed by atoms with E-state index in [0.717, 1.165) is 22.5 Å². The Morgan fingerprint density at radius 1 is 1.10 bits per heavy atom. The largest absolute Gasteiger partial charge is 0.493 e. The van der Waals surface area contributed by atoms with Crippen LogP contribution in [0.15, 0.2) is 52.3 Å². The van der Waals surface area contributed by atoms with E-state index in [0.29, 0.717) is 29.4 Å². The molecule has 4 rings (SSSR count). The maximum atomic E-state index is 13.0. The molecule has 1 aliphatic heterocycles. The number of hydrogen-bond acceptors (Lipinski definition) is 6. The molecule has 0 aliphatic carbocycles. The van der Waals surface area contributed by atoms with Crippen molar-refractivity contribution in [2.45, 2.75) is 20.0 Å². The lowest BCUT2D eigenvalue weighted by Gasteiger charge is -2.25. The molecule has 3 aromatic rings. The third-order valence-electron chi connectivity index (χ3n) is 4.99. The van der Waals surface area contributed by atoms with Gasteiger partial charge in [0.25, 0.3) is 5.56 Å². The molecule has 2 aromatic carbocycles. The zero-order chi connectivity index (χ0) is 20.4. The van der Waals surface area contributed by atoms with Crippen LogP contribution in [0.2, 0.25) is 0 Å². The minimum atomic E-state index is -0.0292. The summed E-state index contributed by atoms with van der Waals surface area (Å²) < 4.78 is 13.0. The number of benzene rings is 2. The topological polar surface area (TPSA) is 56.1 Å². The summed E-state index contributed by atoms with van der Waals surface area (Å²) in [7, 11) is 3.20. The van der Waals surface area contributed by atoms with Crippen molar-refractivity contribution in [3.8, 4) is 11.5 Å². The number of anilines is 1. The quantitative estimate of drug-likeness (QED) is 0.649. The molecule has 0 atom stereocenters. The highest BCUT2D eigenvalue weighted by atomic mass is 32.1. The monoisotopic (exact) mass is 409 g/mol. The summed E-state index contributed by atoms with van der Waals surface area (Å²) in [5.41, 5.74) is 3.22. The van der Waals surface area contributed by atoms with Crippen LogP contribution in [0.5, 0.6) is 11.5 Å². The Labute approximate surface area is 173 Å². The maximum absolute atomic E-state index is 13.0. The van der Waals surface area contributed by atoms with Gasteiger partial charge in [-0.2, -0.15) is 0 Å². The van der Waals surface area contributed by atoms with Gasteiger partial charge in [-0.1, -0.05) is 36.5 Å². The molecule has 7 heteroatoms. The first-order chi connectivity index (χ1) is 14.1. The highest BCUT2D eigenvalue weighted by molar-refractivity contribution is 7.07. The molecule has 0 amide bonds. The normalized spacial score (nSPS) is 13.8. The van der Waals surface area contributed by atoms with E-state index in [2.05, 4.69) is 41.1 Å². The van der Waals surface area contributed by atoms with Crippen molar-refractivity contribution >= 4 is 23.1 Å². The van der Waals surface area contributed by atoms with E-state index < -0.39 is 0 Å². The van der Waals surface area contributed by atoms with E-state index in [-0.39, 0.29) is 5.56 Å². The molecular formula is C22H23N3O3S. The van der Waals surface area contributed by atoms with Crippen LogP contribution in [-0.2, 0) is 13.1 Å². The van der Waals surface area contributed by atoms with Crippen molar-refractivity contribution in [3.63, 3.8) is 0 Å². The molecule has 0 N–H and O–H groups in total. The fourth-order valence-corrected chi connectivity index (χ4v) is 4.27. The summed E-state index contributed by atoms with van der Waals surface area (Å²) in [5, 5.41) is 0. The molecule has 0 saturated carbocycles. The number of hydrogen-bond donors (Lipinski definition) is 0. The molecule has 2 heterocycles. The second-order valence-electron chi connectivity index (χ2n) is 6.74. The lowest BCUT2D eigenvalue weighted by atomic mass is 10.1. The lowest BCUT2D eigenvalue weighted by Crippen LogP contribution is -2.42. The average molecular weight is 410 g/mol. The Morgan fingerprint density at radius 3 is 2.55 bits per heavy atom. The summed E-state index contributed by atoms with van der Waals surface area (Å²) >= 11 is 1.41. The molecule has 0 radical (unpaired) electrons. The van der Waals surface area contributed by atoms with Crippen LogP contribution < -0.4 is 29.3 Å². The highest BCUT2D eigenvalue weighted by Gasteiger charge is 2.16. The van der Waals surface area contributed by atoms with Crippen LogP contribution in [0.3, 0.4) is 0 Å². The first kappa shape index (κ1) is 19.3. The number of fused-ring (bicyclic) bond motifs is 1. The van der Waals surface area contributed by atoms with Crippen molar-refractivity contribution in [2.75, 3.05) is 25.8 Å². The zero-order valence-electron chi connectivity index (χ0n) is 16.7. The van der Waals surface area contributed by atoms with Crippen molar-refractivity contribution in [1.29, 1.82) is 0 Å². The minimum Gasteiger partial charge on any atom is -0.493 e. The van der Waals surface area contributed by atoms with Gasteiger partial charge in [-0.3, -0.25) is 9.36 Å². The van der Waals surface area contributed by atoms with Gasteiger partial charge in [0, 0.05) is 5.69 Å². The van der Waals surface area contributed by atoms with E-state index in [1.807, 2.05) is 24.3 Å². The Kier molecular flexibility index (Phi) is 5.40. The van der Waals surface area contributed by atoms with E-state index in [9.17, 15) is 4.79 Å². The fraction of sp³-hybridized carbons (Fsp3) is 0.273. The minimum absolute atomic E-state index is 0.0292. The van der Waals surface area contributed by atoms with E-state index >= 15 is 0 Å². The molecule has 0 spiro atoms. The second-order valence-corrected chi connectivity index (χ2v) is 7.75. The van der Waals surface area contributed by atoms with Gasteiger partial charge in [0.2, 0.25) is 0 Å². The summed E-state index contributed by atoms with van der Waals surface area (Å²) in [4.78, 5) is 20.4. The van der Waals surface area contributed by atoms with Crippen molar-refractivity contribution in [3.05, 3.63) is 73.3 Å². The Bertz CT molecular complexity index is 1200. The van der Waals surface area contributed by atoms with Crippen LogP contribution in [0.25, 0.3) is 6.08 Å². The van der Waals surface area contributed by atoms with Gasteiger partial charge in [-0.15, -0.1) is 0 Å². The molecule has 1 aromatic heterocycles. The third kappa shape index (κ3) is 3.78. The third-order valence-corrected chi connectivity index (χ3v) is 6.04.